The van der Waals surface area contributed by atoms with Crippen LogP contribution in [0.4, 0.5) is 0 Å². The molecule has 0 unspecified atom stereocenters. The molecule has 0 aliphatic carbocycles. The second kappa shape index (κ2) is 4.60. The molecule has 1 aromatic carbocycles. The van der Waals surface area contributed by atoms with Crippen LogP contribution < -0.4 is 0 Å². The predicted octanol–water partition coefficient (Wildman–Crippen LogP) is 2.49. The molecule has 10 heavy (non-hydrogen) atoms. The van der Waals surface area contributed by atoms with Crippen molar-refractivity contribution in [3.05, 3.63) is 33.3 Å². The minimum atomic E-state index is 0. The van der Waals surface area contributed by atoms with E-state index in [9.17, 15) is 0 Å². The molecule has 3 heteroatoms. The van der Waals surface area contributed by atoms with Gasteiger partial charge in [0.25, 0.3) is 0 Å². The average molecular weight is 232 g/mol. The van der Waals surface area contributed by atoms with Gasteiger partial charge in [-0.25, -0.2) is 0 Å². The maximum Gasteiger partial charge on any atom is 0.316 e. The van der Waals surface area contributed by atoms with Gasteiger partial charge in [-0.1, -0.05) is 27.5 Å². The van der Waals surface area contributed by atoms with Gasteiger partial charge in [0.2, 0.25) is 0 Å². The van der Waals surface area contributed by atoms with Crippen LogP contribution in [0, 0.1) is 6.92 Å². The van der Waals surface area contributed by atoms with Crippen LogP contribution in [0.15, 0.2) is 22.7 Å². The van der Waals surface area contributed by atoms with Crippen molar-refractivity contribution in [3.63, 3.8) is 0 Å². The lowest BCUT2D eigenvalue weighted by molar-refractivity contribution is 1.45. The Morgan fingerprint density at radius 1 is 1.30 bits per heavy atom. The molecule has 1 aromatic rings. The second-order valence-corrected chi connectivity index (χ2v) is 3.30. The standard InChI is InChI=1S/C7H6BrCl.Mg.2H/c1-5-2-6(8)4-7(9)3-5;;;/h2-4H,1H3;;;. The lowest BCUT2D eigenvalue weighted by atomic mass is 10.2. The van der Waals surface area contributed by atoms with E-state index in [-0.39, 0.29) is 23.1 Å². The number of halogens is 2. The summed E-state index contributed by atoms with van der Waals surface area (Å²) in [5, 5.41) is 0.780. The van der Waals surface area contributed by atoms with Crippen molar-refractivity contribution in [1.82, 2.24) is 0 Å². The highest BCUT2D eigenvalue weighted by molar-refractivity contribution is 9.10. The van der Waals surface area contributed by atoms with Gasteiger partial charge >= 0.3 is 23.1 Å². The van der Waals surface area contributed by atoms with Crippen LogP contribution in [0.3, 0.4) is 0 Å². The van der Waals surface area contributed by atoms with Gasteiger partial charge in [0.05, 0.1) is 0 Å². The molecule has 0 saturated heterocycles. The highest BCUT2D eigenvalue weighted by atomic mass is 79.9. The zero-order valence-electron chi connectivity index (χ0n) is 4.99. The van der Waals surface area contributed by atoms with Crippen LogP contribution in [0.5, 0.6) is 0 Å². The fraction of sp³-hybridized carbons (Fsp3) is 0.143. The van der Waals surface area contributed by atoms with Gasteiger partial charge < -0.3 is 0 Å². The van der Waals surface area contributed by atoms with Crippen LogP contribution in [-0.2, 0) is 0 Å². The lowest BCUT2D eigenvalue weighted by Crippen LogP contribution is -1.70. The molecule has 0 aliphatic rings. The Bertz CT molecular complexity index is 174. The Balaban J connectivity index is 0.000000810. The minimum absolute atomic E-state index is 0. The summed E-state index contributed by atoms with van der Waals surface area (Å²) in [6.07, 6.45) is 0. The summed E-state index contributed by atoms with van der Waals surface area (Å²) in [6, 6.07) is 5.81. The zero-order valence-corrected chi connectivity index (χ0v) is 7.33. The predicted molar refractivity (Wildman–Crippen MR) is 52.4 cm³/mol. The molecular weight excluding hydrogens is 224 g/mol. The molecule has 52 valence electrons. The van der Waals surface area contributed by atoms with Crippen LogP contribution in [0.2, 0.25) is 5.02 Å². The monoisotopic (exact) mass is 230 g/mol. The Morgan fingerprint density at radius 2 is 1.90 bits per heavy atom. The van der Waals surface area contributed by atoms with Gasteiger partial charge in [0.1, 0.15) is 0 Å². The third-order valence-corrected chi connectivity index (χ3v) is 1.68. The maximum atomic E-state index is 5.72. The Labute approximate surface area is 90.2 Å². The van der Waals surface area contributed by atoms with E-state index >= 15 is 0 Å². The van der Waals surface area contributed by atoms with Crippen LogP contribution >= 0.6 is 27.5 Å². The smallest absolute Gasteiger partial charge is 0.0843 e. The molecule has 0 atom stereocenters. The fourth-order valence-electron chi connectivity index (χ4n) is 0.692. The third kappa shape index (κ3) is 3.24. The summed E-state index contributed by atoms with van der Waals surface area (Å²) in [7, 11) is 0. The summed E-state index contributed by atoms with van der Waals surface area (Å²) in [6.45, 7) is 2.01. The van der Waals surface area contributed by atoms with Crippen LogP contribution in [0.1, 0.15) is 5.56 Å². The summed E-state index contributed by atoms with van der Waals surface area (Å²) in [4.78, 5) is 0. The molecule has 0 spiro atoms. The van der Waals surface area contributed by atoms with Crippen molar-refractivity contribution >= 4 is 50.6 Å². The largest absolute Gasteiger partial charge is 0.316 e. The average Bonchev–Trinajstić information content (AvgIpc) is 1.59. The molecule has 0 aromatic heterocycles. The van der Waals surface area contributed by atoms with Gasteiger partial charge in [-0.05, 0) is 30.7 Å². The first-order valence-electron chi connectivity index (χ1n) is 2.61. The van der Waals surface area contributed by atoms with Crippen molar-refractivity contribution in [2.75, 3.05) is 0 Å². The van der Waals surface area contributed by atoms with Gasteiger partial charge in [0.15, 0.2) is 0 Å². The molecule has 0 heterocycles. The second-order valence-electron chi connectivity index (χ2n) is 1.95. The summed E-state index contributed by atoms with van der Waals surface area (Å²) < 4.78 is 1.03. The molecule has 1 rings (SSSR count). The van der Waals surface area contributed by atoms with E-state index in [2.05, 4.69) is 15.9 Å². The van der Waals surface area contributed by atoms with Crippen LogP contribution in [0.25, 0.3) is 0 Å². The quantitative estimate of drug-likeness (QED) is 0.602. The van der Waals surface area contributed by atoms with Gasteiger partial charge in [-0.3, -0.25) is 0 Å². The topological polar surface area (TPSA) is 0 Å². The van der Waals surface area contributed by atoms with E-state index in [1.54, 1.807) is 0 Å². The van der Waals surface area contributed by atoms with E-state index in [4.69, 9.17) is 11.6 Å². The molecule has 0 bridgehead atoms. The normalized spacial score (nSPS) is 8.70. The van der Waals surface area contributed by atoms with E-state index < -0.39 is 0 Å². The molecule has 0 aliphatic heterocycles. The Kier molecular flexibility index (Phi) is 4.94. The SMILES string of the molecule is Cc1cc(Cl)cc(Br)c1.[MgH2]. The number of aryl methyl sites for hydroxylation is 1. The zero-order chi connectivity index (χ0) is 6.85. The Hall–Kier alpha value is 0.756. The fourth-order valence-corrected chi connectivity index (χ4v) is 1.72. The number of benzene rings is 1. The van der Waals surface area contributed by atoms with Crippen molar-refractivity contribution in [2.45, 2.75) is 6.92 Å². The maximum absolute atomic E-state index is 5.72. The Morgan fingerprint density at radius 3 is 2.30 bits per heavy atom. The van der Waals surface area contributed by atoms with Gasteiger partial charge in [-0.2, -0.15) is 0 Å². The van der Waals surface area contributed by atoms with Crippen molar-refractivity contribution < 1.29 is 0 Å². The number of rotatable bonds is 0. The molecule has 0 radical (unpaired) electrons. The minimum Gasteiger partial charge on any atom is -0.0843 e. The third-order valence-electron chi connectivity index (χ3n) is 1.01. The molecule has 0 saturated carbocycles. The van der Waals surface area contributed by atoms with E-state index in [1.165, 1.54) is 5.56 Å². The van der Waals surface area contributed by atoms with E-state index in [1.807, 2.05) is 25.1 Å². The van der Waals surface area contributed by atoms with Gasteiger partial charge in [0, 0.05) is 9.50 Å². The number of hydrogen-bond acceptors (Lipinski definition) is 0. The first kappa shape index (κ1) is 10.8. The van der Waals surface area contributed by atoms with Crippen molar-refractivity contribution in [2.24, 2.45) is 0 Å². The number of hydrogen-bond donors (Lipinski definition) is 0. The summed E-state index contributed by atoms with van der Waals surface area (Å²) >= 11 is 9.05. The highest BCUT2D eigenvalue weighted by Crippen LogP contribution is 2.18. The lowest BCUT2D eigenvalue weighted by Gasteiger charge is -1.93. The molecule has 0 fully saturated rings. The van der Waals surface area contributed by atoms with Gasteiger partial charge in [-0.15, -0.1) is 0 Å². The summed E-state index contributed by atoms with van der Waals surface area (Å²) in [5.41, 5.74) is 1.18. The first-order valence-corrected chi connectivity index (χ1v) is 3.78. The summed E-state index contributed by atoms with van der Waals surface area (Å²) in [5.74, 6) is 0. The van der Waals surface area contributed by atoms with E-state index in [0.29, 0.717) is 0 Å². The molecule has 0 nitrogen and oxygen atoms in total. The molecule has 0 N–H and O–H groups in total. The van der Waals surface area contributed by atoms with Crippen molar-refractivity contribution in [3.8, 4) is 0 Å². The highest BCUT2D eigenvalue weighted by Gasteiger charge is 1.90. The van der Waals surface area contributed by atoms with E-state index in [0.717, 1.165) is 9.50 Å². The van der Waals surface area contributed by atoms with Crippen molar-refractivity contribution in [1.29, 1.82) is 0 Å². The van der Waals surface area contributed by atoms with Crippen LogP contribution in [-0.4, -0.2) is 23.1 Å². The molecular formula is C7H8BrClMg. The molecule has 0 amide bonds. The first-order chi connectivity index (χ1) is 4.18.